The van der Waals surface area contributed by atoms with Crippen LogP contribution in [0.25, 0.3) is 0 Å². The molecule has 6 heteroatoms. The van der Waals surface area contributed by atoms with Gasteiger partial charge in [0.05, 0.1) is 31.9 Å². The van der Waals surface area contributed by atoms with E-state index in [4.69, 9.17) is 18.6 Å². The molecule has 0 heterocycles. The Hall–Kier alpha value is -0.983. The summed E-state index contributed by atoms with van der Waals surface area (Å²) in [5.74, 6) is 1.90. The second-order valence-electron chi connectivity index (χ2n) is 8.48. The van der Waals surface area contributed by atoms with Crippen molar-refractivity contribution in [1.29, 1.82) is 0 Å². The van der Waals surface area contributed by atoms with Gasteiger partial charge in [0.2, 0.25) is 5.75 Å². The SMILES string of the molecule is C=C(C)[C@H](C)[C@H](O[Si](C)(C)C(C)(C)C)c1cc(OC)c(OC)c(OC)c1Br. The molecule has 0 bridgehead atoms. The van der Waals surface area contributed by atoms with Crippen molar-refractivity contribution in [3.8, 4) is 17.2 Å². The van der Waals surface area contributed by atoms with Crippen molar-refractivity contribution < 1.29 is 18.6 Å². The van der Waals surface area contributed by atoms with Gasteiger partial charge in [0.15, 0.2) is 19.8 Å². The standard InChI is InChI=1S/C21H35BrO4Si/c1-13(2)14(3)18(26-27(10,11)21(4,5)6)15-12-16(23-7)19(24-8)20(25-9)17(15)22/h12,14,18H,1H2,2-11H3/t14-,18-/m0/s1. The molecule has 1 aromatic rings. The normalized spacial score (nSPS) is 14.5. The molecule has 0 aliphatic heterocycles. The van der Waals surface area contributed by atoms with E-state index in [0.717, 1.165) is 15.6 Å². The zero-order valence-electron chi connectivity index (χ0n) is 18.5. The first-order valence-corrected chi connectivity index (χ1v) is 12.8. The molecule has 4 nitrogen and oxygen atoms in total. The Balaban J connectivity index is 3.66. The van der Waals surface area contributed by atoms with Gasteiger partial charge in [-0.3, -0.25) is 0 Å². The lowest BCUT2D eigenvalue weighted by molar-refractivity contribution is 0.141. The van der Waals surface area contributed by atoms with Crippen LogP contribution < -0.4 is 14.2 Å². The van der Waals surface area contributed by atoms with Gasteiger partial charge in [-0.05, 0) is 47.1 Å². The molecule has 0 aliphatic rings. The third-order valence-corrected chi connectivity index (χ3v) is 10.8. The maximum absolute atomic E-state index is 6.86. The van der Waals surface area contributed by atoms with E-state index < -0.39 is 8.32 Å². The molecule has 2 atom stereocenters. The van der Waals surface area contributed by atoms with Crippen LogP contribution in [0.2, 0.25) is 18.1 Å². The number of rotatable bonds is 8. The first-order chi connectivity index (χ1) is 12.3. The van der Waals surface area contributed by atoms with Gasteiger partial charge in [0, 0.05) is 11.5 Å². The molecule has 0 radical (unpaired) electrons. The third kappa shape index (κ3) is 5.09. The number of hydrogen-bond acceptors (Lipinski definition) is 4. The molecule has 0 aromatic heterocycles. The topological polar surface area (TPSA) is 36.9 Å². The molecule has 0 aliphatic carbocycles. The zero-order valence-corrected chi connectivity index (χ0v) is 21.0. The van der Waals surface area contributed by atoms with Gasteiger partial charge in [-0.15, -0.1) is 0 Å². The van der Waals surface area contributed by atoms with Gasteiger partial charge >= 0.3 is 0 Å². The first-order valence-electron chi connectivity index (χ1n) is 9.13. The van der Waals surface area contributed by atoms with Gasteiger partial charge in [-0.25, -0.2) is 0 Å². The molecule has 1 rings (SSSR count). The van der Waals surface area contributed by atoms with Crippen LogP contribution in [0.3, 0.4) is 0 Å². The lowest BCUT2D eigenvalue weighted by atomic mass is 9.92. The summed E-state index contributed by atoms with van der Waals surface area (Å²) in [5, 5.41) is 0.0904. The van der Waals surface area contributed by atoms with Crippen molar-refractivity contribution in [3.63, 3.8) is 0 Å². The Kier molecular flexibility index (Phi) is 8.03. The molecule has 0 spiro atoms. The summed E-state index contributed by atoms with van der Waals surface area (Å²) in [4.78, 5) is 0. The average molecular weight is 459 g/mol. The predicted octanol–water partition coefficient (Wildman–Crippen LogP) is 6.75. The Morgan fingerprint density at radius 3 is 1.96 bits per heavy atom. The Morgan fingerprint density at radius 2 is 1.59 bits per heavy atom. The number of ether oxygens (including phenoxy) is 3. The van der Waals surface area contributed by atoms with Crippen LogP contribution in [0.5, 0.6) is 17.2 Å². The highest BCUT2D eigenvalue weighted by Gasteiger charge is 2.41. The molecule has 0 saturated carbocycles. The maximum Gasteiger partial charge on any atom is 0.204 e. The Morgan fingerprint density at radius 1 is 1.07 bits per heavy atom. The van der Waals surface area contributed by atoms with Crippen LogP contribution >= 0.6 is 15.9 Å². The van der Waals surface area contributed by atoms with Crippen LogP contribution in [0, 0.1) is 5.92 Å². The lowest BCUT2D eigenvalue weighted by Crippen LogP contribution is -2.43. The van der Waals surface area contributed by atoms with Gasteiger partial charge in [-0.1, -0.05) is 39.8 Å². The molecule has 0 fully saturated rings. The second kappa shape index (κ2) is 9.01. The molecular formula is C21H35BrO4Si. The zero-order chi connectivity index (χ0) is 21.2. The monoisotopic (exact) mass is 458 g/mol. The van der Waals surface area contributed by atoms with Crippen molar-refractivity contribution in [2.24, 2.45) is 5.92 Å². The van der Waals surface area contributed by atoms with E-state index in [2.05, 4.69) is 63.3 Å². The second-order valence-corrected chi connectivity index (χ2v) is 14.0. The number of methoxy groups -OCH3 is 3. The first kappa shape index (κ1) is 24.1. The maximum atomic E-state index is 6.86. The minimum Gasteiger partial charge on any atom is -0.493 e. The summed E-state index contributed by atoms with van der Waals surface area (Å²) in [6.45, 7) is 19.6. The molecule has 0 amide bonds. The fraction of sp³-hybridized carbons (Fsp3) is 0.619. The van der Waals surface area contributed by atoms with E-state index in [0.29, 0.717) is 17.2 Å². The van der Waals surface area contributed by atoms with Crippen LogP contribution in [-0.4, -0.2) is 29.6 Å². The van der Waals surface area contributed by atoms with Gasteiger partial charge in [0.1, 0.15) is 0 Å². The number of benzene rings is 1. The average Bonchev–Trinajstić information content (AvgIpc) is 2.57. The fourth-order valence-corrected chi connectivity index (χ4v) is 4.54. The van der Waals surface area contributed by atoms with E-state index >= 15 is 0 Å². The predicted molar refractivity (Wildman–Crippen MR) is 119 cm³/mol. The summed E-state index contributed by atoms with van der Waals surface area (Å²) in [7, 11) is 2.82. The molecule has 27 heavy (non-hydrogen) atoms. The van der Waals surface area contributed by atoms with Crippen molar-refractivity contribution in [2.75, 3.05) is 21.3 Å². The van der Waals surface area contributed by atoms with Crippen LogP contribution in [0.4, 0.5) is 0 Å². The smallest absolute Gasteiger partial charge is 0.204 e. The van der Waals surface area contributed by atoms with Crippen LogP contribution in [0.1, 0.15) is 46.3 Å². The Bertz CT molecular complexity index is 680. The van der Waals surface area contributed by atoms with Crippen LogP contribution in [-0.2, 0) is 4.43 Å². The van der Waals surface area contributed by atoms with Crippen molar-refractivity contribution in [1.82, 2.24) is 0 Å². The largest absolute Gasteiger partial charge is 0.493 e. The van der Waals surface area contributed by atoms with Crippen molar-refractivity contribution in [3.05, 3.63) is 28.3 Å². The molecular weight excluding hydrogens is 424 g/mol. The molecule has 0 saturated heterocycles. The molecule has 154 valence electrons. The van der Waals surface area contributed by atoms with Crippen molar-refractivity contribution in [2.45, 2.75) is 58.9 Å². The lowest BCUT2D eigenvalue weighted by Gasteiger charge is -2.41. The summed E-state index contributed by atoms with van der Waals surface area (Å²) in [6.07, 6.45) is -0.175. The molecule has 0 N–H and O–H groups in total. The Labute approximate surface area is 174 Å². The van der Waals surface area contributed by atoms with Crippen LogP contribution in [0.15, 0.2) is 22.7 Å². The van der Waals surface area contributed by atoms with E-state index in [9.17, 15) is 0 Å². The minimum absolute atomic E-state index is 0.0904. The van der Waals surface area contributed by atoms with Crippen molar-refractivity contribution >= 4 is 24.2 Å². The van der Waals surface area contributed by atoms with E-state index in [1.54, 1.807) is 21.3 Å². The highest BCUT2D eigenvalue weighted by atomic mass is 79.9. The summed E-state index contributed by atoms with van der Waals surface area (Å²) in [5.41, 5.74) is 2.05. The summed E-state index contributed by atoms with van der Waals surface area (Å²) >= 11 is 3.72. The highest BCUT2D eigenvalue weighted by Crippen LogP contribution is 2.50. The fourth-order valence-electron chi connectivity index (χ4n) is 2.53. The number of halogens is 1. The molecule has 1 aromatic carbocycles. The van der Waals surface area contributed by atoms with E-state index in [1.807, 2.05) is 13.0 Å². The summed E-state index contributed by atoms with van der Waals surface area (Å²) < 4.78 is 24.4. The quantitative estimate of drug-likeness (QED) is 0.318. The van der Waals surface area contributed by atoms with E-state index in [-0.39, 0.29) is 17.1 Å². The number of hydrogen-bond donors (Lipinski definition) is 0. The van der Waals surface area contributed by atoms with Gasteiger partial charge < -0.3 is 18.6 Å². The van der Waals surface area contributed by atoms with Gasteiger partial charge in [0.25, 0.3) is 0 Å². The third-order valence-electron chi connectivity index (χ3n) is 5.56. The van der Waals surface area contributed by atoms with Gasteiger partial charge in [-0.2, -0.15) is 0 Å². The van der Waals surface area contributed by atoms with E-state index in [1.165, 1.54) is 0 Å². The summed E-state index contributed by atoms with van der Waals surface area (Å²) in [6, 6.07) is 1.97. The highest BCUT2D eigenvalue weighted by molar-refractivity contribution is 9.10. The molecule has 0 unspecified atom stereocenters. The minimum atomic E-state index is -2.03.